The molecule has 1 fully saturated rings. The number of nitrogens with zero attached hydrogens (tertiary/aromatic N) is 2. The summed E-state index contributed by atoms with van der Waals surface area (Å²) in [5, 5.41) is 5.11. The number of carbonyl (C=O) groups is 1. The highest BCUT2D eigenvalue weighted by Crippen LogP contribution is 2.29. The summed E-state index contributed by atoms with van der Waals surface area (Å²) in [5.41, 5.74) is 4.25. The van der Waals surface area contributed by atoms with Gasteiger partial charge in [-0.05, 0) is 62.2 Å². The van der Waals surface area contributed by atoms with Gasteiger partial charge in [-0.2, -0.15) is 0 Å². The lowest BCUT2D eigenvalue weighted by Gasteiger charge is -2.17. The molecular weight excluding hydrogens is 346 g/mol. The molecule has 0 spiro atoms. The van der Waals surface area contributed by atoms with Crippen molar-refractivity contribution in [2.75, 3.05) is 18.4 Å². The van der Waals surface area contributed by atoms with Crippen molar-refractivity contribution in [3.8, 4) is 0 Å². The van der Waals surface area contributed by atoms with E-state index in [4.69, 9.17) is 11.6 Å². The molecule has 132 valence electrons. The third-order valence-electron chi connectivity index (χ3n) is 4.70. The largest absolute Gasteiger partial charge is 0.355 e. The van der Waals surface area contributed by atoms with Gasteiger partial charge < -0.3 is 10.2 Å². The number of anilines is 2. The summed E-state index contributed by atoms with van der Waals surface area (Å²) in [4.78, 5) is 19.3. The fourth-order valence-electron chi connectivity index (χ4n) is 3.32. The standard InChI is InChI=1S/C21H20ClN3O/c1-14-4-9-18-17(12-14)19(23-16-7-5-15(22)6-8-16)13-20(24-18)21(26)25-10-2-3-11-25/h4-9,12-13H,2-3,10-11H2,1H3,(H,23,24). The summed E-state index contributed by atoms with van der Waals surface area (Å²) in [5.74, 6) is 0.00383. The normalized spacial score (nSPS) is 14.0. The molecule has 2 heterocycles. The molecule has 1 aliphatic rings. The lowest BCUT2D eigenvalue weighted by molar-refractivity contribution is 0.0787. The minimum absolute atomic E-state index is 0.00383. The van der Waals surface area contributed by atoms with Crippen LogP contribution in [-0.4, -0.2) is 28.9 Å². The fourth-order valence-corrected chi connectivity index (χ4v) is 3.45. The van der Waals surface area contributed by atoms with Gasteiger partial charge in [0.1, 0.15) is 5.69 Å². The Morgan fingerprint density at radius 1 is 1.08 bits per heavy atom. The molecule has 1 amide bonds. The lowest BCUT2D eigenvalue weighted by Crippen LogP contribution is -2.28. The van der Waals surface area contributed by atoms with E-state index in [-0.39, 0.29) is 5.91 Å². The summed E-state index contributed by atoms with van der Waals surface area (Å²) < 4.78 is 0. The molecule has 4 nitrogen and oxygen atoms in total. The Morgan fingerprint density at radius 2 is 1.81 bits per heavy atom. The number of hydrogen-bond donors (Lipinski definition) is 1. The Kier molecular flexibility index (Phi) is 4.51. The quantitative estimate of drug-likeness (QED) is 0.695. The molecule has 0 atom stereocenters. The van der Waals surface area contributed by atoms with E-state index in [0.29, 0.717) is 10.7 Å². The molecule has 1 aromatic heterocycles. The van der Waals surface area contributed by atoms with Crippen LogP contribution in [0.25, 0.3) is 10.9 Å². The topological polar surface area (TPSA) is 45.2 Å². The maximum atomic E-state index is 12.8. The van der Waals surface area contributed by atoms with Crippen molar-refractivity contribution in [1.29, 1.82) is 0 Å². The number of amides is 1. The molecule has 0 saturated carbocycles. The summed E-state index contributed by atoms with van der Waals surface area (Å²) in [6.07, 6.45) is 2.13. The van der Waals surface area contributed by atoms with E-state index >= 15 is 0 Å². The molecule has 0 unspecified atom stereocenters. The molecule has 3 aromatic rings. The molecule has 1 aliphatic heterocycles. The van der Waals surface area contributed by atoms with Gasteiger partial charge in [0.25, 0.3) is 5.91 Å². The van der Waals surface area contributed by atoms with Gasteiger partial charge in [-0.15, -0.1) is 0 Å². The number of fused-ring (bicyclic) bond motifs is 1. The number of hydrogen-bond acceptors (Lipinski definition) is 3. The Morgan fingerprint density at radius 3 is 2.54 bits per heavy atom. The molecule has 2 aromatic carbocycles. The smallest absolute Gasteiger partial charge is 0.272 e. The SMILES string of the molecule is Cc1ccc2nc(C(=O)N3CCCC3)cc(Nc3ccc(Cl)cc3)c2c1. The Hall–Kier alpha value is -2.59. The second-order valence-corrected chi connectivity index (χ2v) is 7.14. The number of aromatic nitrogens is 1. The first-order valence-corrected chi connectivity index (χ1v) is 9.21. The zero-order chi connectivity index (χ0) is 18.1. The van der Waals surface area contributed by atoms with Crippen molar-refractivity contribution in [1.82, 2.24) is 9.88 Å². The molecule has 5 heteroatoms. The van der Waals surface area contributed by atoms with Gasteiger partial charge in [0.15, 0.2) is 0 Å². The number of pyridine rings is 1. The summed E-state index contributed by atoms with van der Waals surface area (Å²) >= 11 is 5.98. The number of likely N-dealkylation sites (tertiary alicyclic amines) is 1. The zero-order valence-electron chi connectivity index (χ0n) is 14.6. The van der Waals surface area contributed by atoms with E-state index in [1.807, 2.05) is 47.4 Å². The summed E-state index contributed by atoms with van der Waals surface area (Å²) in [6.45, 7) is 3.67. The highest BCUT2D eigenvalue weighted by molar-refractivity contribution is 6.30. The molecule has 26 heavy (non-hydrogen) atoms. The first kappa shape index (κ1) is 16.9. The van der Waals surface area contributed by atoms with Crippen molar-refractivity contribution in [3.63, 3.8) is 0 Å². The minimum Gasteiger partial charge on any atom is -0.355 e. The number of rotatable bonds is 3. The monoisotopic (exact) mass is 365 g/mol. The average Bonchev–Trinajstić information content (AvgIpc) is 3.18. The molecule has 0 aliphatic carbocycles. The molecule has 0 radical (unpaired) electrons. The van der Waals surface area contributed by atoms with E-state index in [0.717, 1.165) is 53.8 Å². The van der Waals surface area contributed by atoms with Crippen molar-refractivity contribution in [3.05, 3.63) is 64.8 Å². The van der Waals surface area contributed by atoms with Gasteiger partial charge in [-0.3, -0.25) is 4.79 Å². The van der Waals surface area contributed by atoms with Gasteiger partial charge in [0, 0.05) is 29.2 Å². The van der Waals surface area contributed by atoms with Crippen LogP contribution in [-0.2, 0) is 0 Å². The van der Waals surface area contributed by atoms with Crippen molar-refractivity contribution < 1.29 is 4.79 Å². The molecule has 4 rings (SSSR count). The summed E-state index contributed by atoms with van der Waals surface area (Å²) in [7, 11) is 0. The van der Waals surface area contributed by atoms with E-state index in [9.17, 15) is 4.79 Å². The maximum Gasteiger partial charge on any atom is 0.272 e. The number of benzene rings is 2. The Balaban J connectivity index is 1.78. The van der Waals surface area contributed by atoms with Crippen LogP contribution in [0.1, 0.15) is 28.9 Å². The minimum atomic E-state index is 0.00383. The summed E-state index contributed by atoms with van der Waals surface area (Å²) in [6, 6.07) is 15.5. The number of nitrogens with one attached hydrogen (secondary N) is 1. The van der Waals surface area contributed by atoms with Crippen LogP contribution in [0, 0.1) is 6.92 Å². The van der Waals surface area contributed by atoms with Gasteiger partial charge in [-0.1, -0.05) is 23.2 Å². The number of halogens is 1. The first-order chi connectivity index (χ1) is 12.6. The van der Waals surface area contributed by atoms with E-state index in [1.54, 1.807) is 0 Å². The highest BCUT2D eigenvalue weighted by atomic mass is 35.5. The van der Waals surface area contributed by atoms with Crippen LogP contribution in [0.3, 0.4) is 0 Å². The fraction of sp³-hybridized carbons (Fsp3) is 0.238. The van der Waals surface area contributed by atoms with Crippen LogP contribution >= 0.6 is 11.6 Å². The second kappa shape index (κ2) is 6.96. The predicted octanol–water partition coefficient (Wildman–Crippen LogP) is 5.18. The average molecular weight is 366 g/mol. The first-order valence-electron chi connectivity index (χ1n) is 8.83. The lowest BCUT2D eigenvalue weighted by atomic mass is 10.1. The van der Waals surface area contributed by atoms with Crippen LogP contribution in [0.15, 0.2) is 48.5 Å². The van der Waals surface area contributed by atoms with Crippen molar-refractivity contribution in [2.24, 2.45) is 0 Å². The number of aryl methyl sites for hydroxylation is 1. The van der Waals surface area contributed by atoms with Gasteiger partial charge >= 0.3 is 0 Å². The third kappa shape index (κ3) is 3.37. The van der Waals surface area contributed by atoms with Crippen LogP contribution in [0.5, 0.6) is 0 Å². The van der Waals surface area contributed by atoms with Crippen LogP contribution in [0.4, 0.5) is 11.4 Å². The van der Waals surface area contributed by atoms with Crippen molar-refractivity contribution in [2.45, 2.75) is 19.8 Å². The van der Waals surface area contributed by atoms with E-state index in [1.165, 1.54) is 0 Å². The Bertz CT molecular complexity index is 963. The predicted molar refractivity (Wildman–Crippen MR) is 106 cm³/mol. The van der Waals surface area contributed by atoms with E-state index in [2.05, 4.69) is 23.3 Å². The molecule has 1 saturated heterocycles. The van der Waals surface area contributed by atoms with Crippen LogP contribution in [0.2, 0.25) is 5.02 Å². The van der Waals surface area contributed by atoms with E-state index < -0.39 is 0 Å². The Labute approximate surface area is 157 Å². The second-order valence-electron chi connectivity index (χ2n) is 6.71. The molecular formula is C21H20ClN3O. The molecule has 1 N–H and O–H groups in total. The van der Waals surface area contributed by atoms with Crippen molar-refractivity contribution >= 4 is 39.8 Å². The van der Waals surface area contributed by atoms with Gasteiger partial charge in [0.05, 0.1) is 11.2 Å². The zero-order valence-corrected chi connectivity index (χ0v) is 15.4. The molecule has 0 bridgehead atoms. The van der Waals surface area contributed by atoms with Crippen LogP contribution < -0.4 is 5.32 Å². The number of carbonyl (C=O) groups excluding carboxylic acids is 1. The third-order valence-corrected chi connectivity index (χ3v) is 4.95. The van der Waals surface area contributed by atoms with Gasteiger partial charge in [0.2, 0.25) is 0 Å². The highest BCUT2D eigenvalue weighted by Gasteiger charge is 2.22. The maximum absolute atomic E-state index is 12.8. The van der Waals surface area contributed by atoms with Gasteiger partial charge in [-0.25, -0.2) is 4.98 Å².